The van der Waals surface area contributed by atoms with Gasteiger partial charge in [-0.05, 0) is 31.1 Å². The lowest BCUT2D eigenvalue weighted by Gasteiger charge is -2.29. The second kappa shape index (κ2) is 6.96. The number of nitrogens with one attached hydrogen (secondary N) is 1. The van der Waals surface area contributed by atoms with E-state index >= 15 is 0 Å². The van der Waals surface area contributed by atoms with Gasteiger partial charge in [0, 0.05) is 11.3 Å². The molecule has 0 aromatic heterocycles. The van der Waals surface area contributed by atoms with E-state index in [0.29, 0.717) is 5.25 Å². The molecule has 0 spiro atoms. The maximum absolute atomic E-state index is 12.2. The Labute approximate surface area is 119 Å². The molecule has 0 saturated heterocycles. The van der Waals surface area contributed by atoms with Crippen molar-refractivity contribution in [1.29, 1.82) is 0 Å². The molecule has 3 N–H and O–H groups in total. The van der Waals surface area contributed by atoms with E-state index in [1.807, 2.05) is 42.1 Å². The van der Waals surface area contributed by atoms with Crippen LogP contribution in [0.3, 0.4) is 0 Å². The van der Waals surface area contributed by atoms with Crippen molar-refractivity contribution in [2.45, 2.75) is 43.0 Å². The Bertz CT molecular complexity index is 410. The zero-order valence-electron chi connectivity index (χ0n) is 11.3. The monoisotopic (exact) mass is 278 g/mol. The van der Waals surface area contributed by atoms with Gasteiger partial charge < -0.3 is 11.1 Å². The molecule has 0 aliphatic heterocycles. The molecule has 1 saturated carbocycles. The largest absolute Gasteiger partial charge is 0.352 e. The molecule has 104 valence electrons. The number of hydrogen-bond donors (Lipinski definition) is 2. The summed E-state index contributed by atoms with van der Waals surface area (Å²) in [6, 6.07) is 9.27. The fraction of sp³-hybridized carbons (Fsp3) is 0.533. The third-order valence-corrected chi connectivity index (χ3v) is 4.84. The first kappa shape index (κ1) is 14.4. The van der Waals surface area contributed by atoms with Gasteiger partial charge in [-0.3, -0.25) is 4.79 Å². The van der Waals surface area contributed by atoms with Crippen LogP contribution in [0.4, 0.5) is 0 Å². The van der Waals surface area contributed by atoms with E-state index in [9.17, 15) is 4.79 Å². The van der Waals surface area contributed by atoms with E-state index in [1.54, 1.807) is 0 Å². The van der Waals surface area contributed by atoms with Crippen molar-refractivity contribution in [3.8, 4) is 0 Å². The summed E-state index contributed by atoms with van der Waals surface area (Å²) in [5.74, 6) is -0.0575. The highest BCUT2D eigenvalue weighted by atomic mass is 32.2. The Morgan fingerprint density at radius 1 is 1.37 bits per heavy atom. The fourth-order valence-corrected chi connectivity index (χ4v) is 3.42. The van der Waals surface area contributed by atoms with Crippen LogP contribution in [-0.2, 0) is 4.79 Å². The summed E-state index contributed by atoms with van der Waals surface area (Å²) in [5.41, 5.74) is 6.88. The average molecular weight is 278 g/mol. The lowest BCUT2D eigenvalue weighted by molar-refractivity contribution is -0.123. The summed E-state index contributed by atoms with van der Waals surface area (Å²) in [4.78, 5) is 12.2. The molecule has 0 heterocycles. The zero-order chi connectivity index (χ0) is 13.7. The first-order valence-electron chi connectivity index (χ1n) is 6.84. The molecule has 2 rings (SSSR count). The molecular weight excluding hydrogens is 256 g/mol. The highest BCUT2D eigenvalue weighted by Gasteiger charge is 2.24. The smallest absolute Gasteiger partial charge is 0.241 e. The molecule has 1 aromatic carbocycles. The third kappa shape index (κ3) is 3.98. The van der Waals surface area contributed by atoms with E-state index in [-0.39, 0.29) is 11.9 Å². The summed E-state index contributed by atoms with van der Waals surface area (Å²) >= 11 is 1.90. The first-order valence-corrected chi connectivity index (χ1v) is 8.13. The quantitative estimate of drug-likeness (QED) is 0.889. The molecule has 0 bridgehead atoms. The maximum atomic E-state index is 12.2. The number of carbonyl (C=O) groups excluding carboxylic acids is 1. The van der Waals surface area contributed by atoms with Gasteiger partial charge in [0.1, 0.15) is 6.04 Å². The van der Waals surface area contributed by atoms with Crippen LogP contribution in [0.15, 0.2) is 30.3 Å². The molecule has 2 unspecified atom stereocenters. The summed E-state index contributed by atoms with van der Waals surface area (Å²) in [6.07, 6.45) is 6.73. The standard InChI is InChI=1S/C15H22N2OS/c1-19-13-9-5-8-12(10-13)17-15(18)14(16)11-6-3-2-4-7-11/h2-4,6-7,12-14H,5,8-10,16H2,1H3,(H,17,18)/t12?,13?,14-/m0/s1. The Hall–Kier alpha value is -1.00. The minimum absolute atomic E-state index is 0.0575. The Morgan fingerprint density at radius 2 is 2.11 bits per heavy atom. The van der Waals surface area contributed by atoms with Crippen molar-refractivity contribution in [2.24, 2.45) is 5.73 Å². The van der Waals surface area contributed by atoms with Crippen LogP contribution >= 0.6 is 11.8 Å². The predicted octanol–water partition coefficient (Wildman–Crippen LogP) is 2.48. The highest BCUT2D eigenvalue weighted by Crippen LogP contribution is 2.27. The summed E-state index contributed by atoms with van der Waals surface area (Å²) in [7, 11) is 0. The normalized spacial score (nSPS) is 24.7. The van der Waals surface area contributed by atoms with Crippen LogP contribution in [0.5, 0.6) is 0 Å². The topological polar surface area (TPSA) is 55.1 Å². The maximum Gasteiger partial charge on any atom is 0.241 e. The van der Waals surface area contributed by atoms with Gasteiger partial charge in [0.05, 0.1) is 0 Å². The lowest BCUT2D eigenvalue weighted by atomic mass is 9.94. The molecule has 1 amide bonds. The van der Waals surface area contributed by atoms with Gasteiger partial charge in [0.2, 0.25) is 5.91 Å². The Morgan fingerprint density at radius 3 is 2.79 bits per heavy atom. The second-order valence-corrected chi connectivity index (χ2v) is 6.26. The van der Waals surface area contributed by atoms with Crippen molar-refractivity contribution >= 4 is 17.7 Å². The highest BCUT2D eigenvalue weighted by molar-refractivity contribution is 7.99. The van der Waals surface area contributed by atoms with Gasteiger partial charge in [0.15, 0.2) is 0 Å². The summed E-state index contributed by atoms with van der Waals surface area (Å²) < 4.78 is 0. The summed E-state index contributed by atoms with van der Waals surface area (Å²) in [6.45, 7) is 0. The fourth-order valence-electron chi connectivity index (χ4n) is 2.59. The molecule has 1 fully saturated rings. The minimum Gasteiger partial charge on any atom is -0.352 e. The van der Waals surface area contributed by atoms with E-state index in [2.05, 4.69) is 11.6 Å². The molecule has 4 heteroatoms. The molecular formula is C15H22N2OS. The molecule has 3 nitrogen and oxygen atoms in total. The zero-order valence-corrected chi connectivity index (χ0v) is 12.2. The van der Waals surface area contributed by atoms with Crippen molar-refractivity contribution in [3.05, 3.63) is 35.9 Å². The van der Waals surface area contributed by atoms with E-state index < -0.39 is 6.04 Å². The van der Waals surface area contributed by atoms with Crippen LogP contribution in [-0.4, -0.2) is 23.5 Å². The van der Waals surface area contributed by atoms with Crippen LogP contribution in [0, 0.1) is 0 Å². The number of amides is 1. The van der Waals surface area contributed by atoms with Crippen LogP contribution < -0.4 is 11.1 Å². The lowest BCUT2D eigenvalue weighted by Crippen LogP contribution is -2.43. The van der Waals surface area contributed by atoms with Crippen LogP contribution in [0.2, 0.25) is 0 Å². The van der Waals surface area contributed by atoms with Gasteiger partial charge in [-0.15, -0.1) is 0 Å². The van der Waals surface area contributed by atoms with Crippen LogP contribution in [0.25, 0.3) is 0 Å². The van der Waals surface area contributed by atoms with E-state index in [0.717, 1.165) is 18.4 Å². The molecule has 1 aromatic rings. The van der Waals surface area contributed by atoms with Gasteiger partial charge in [0.25, 0.3) is 0 Å². The molecule has 0 radical (unpaired) electrons. The number of benzene rings is 1. The molecule has 19 heavy (non-hydrogen) atoms. The van der Waals surface area contributed by atoms with Crippen molar-refractivity contribution in [3.63, 3.8) is 0 Å². The van der Waals surface area contributed by atoms with Crippen molar-refractivity contribution in [1.82, 2.24) is 5.32 Å². The Kier molecular flexibility index (Phi) is 5.28. The molecule has 1 aliphatic rings. The van der Waals surface area contributed by atoms with Crippen molar-refractivity contribution < 1.29 is 4.79 Å². The van der Waals surface area contributed by atoms with E-state index in [1.165, 1.54) is 12.8 Å². The van der Waals surface area contributed by atoms with Gasteiger partial charge in [-0.25, -0.2) is 0 Å². The van der Waals surface area contributed by atoms with Crippen LogP contribution in [0.1, 0.15) is 37.3 Å². The number of carbonyl (C=O) groups is 1. The number of thioether (sulfide) groups is 1. The summed E-state index contributed by atoms with van der Waals surface area (Å²) in [5, 5.41) is 3.78. The average Bonchev–Trinajstić information content (AvgIpc) is 2.47. The van der Waals surface area contributed by atoms with Gasteiger partial charge >= 0.3 is 0 Å². The van der Waals surface area contributed by atoms with Gasteiger partial charge in [-0.2, -0.15) is 11.8 Å². The minimum atomic E-state index is -0.559. The van der Waals surface area contributed by atoms with Crippen molar-refractivity contribution in [2.75, 3.05) is 6.26 Å². The van der Waals surface area contributed by atoms with E-state index in [4.69, 9.17) is 5.73 Å². The first-order chi connectivity index (χ1) is 9.20. The SMILES string of the molecule is CSC1CCCC(NC(=O)[C@@H](N)c2ccccc2)C1. The number of nitrogens with two attached hydrogens (primary N) is 1. The predicted molar refractivity (Wildman–Crippen MR) is 81.1 cm³/mol. The third-order valence-electron chi connectivity index (χ3n) is 3.75. The molecule has 1 aliphatic carbocycles. The molecule has 3 atom stereocenters. The van der Waals surface area contributed by atoms with Gasteiger partial charge in [-0.1, -0.05) is 36.8 Å². The second-order valence-electron chi connectivity index (χ2n) is 5.12. The number of hydrogen-bond acceptors (Lipinski definition) is 3. The Balaban J connectivity index is 1.90. The number of rotatable bonds is 4.